The van der Waals surface area contributed by atoms with Gasteiger partial charge in [0.15, 0.2) is 0 Å². The molecular weight excluding hydrogens is 221 g/mol. The zero-order chi connectivity index (χ0) is 11.8. The molecule has 0 saturated carbocycles. The van der Waals surface area contributed by atoms with Crippen LogP contribution in [0.25, 0.3) is 16.6 Å². The summed E-state index contributed by atoms with van der Waals surface area (Å²) < 4.78 is 15.5. The van der Waals surface area contributed by atoms with E-state index in [-0.39, 0.29) is 5.82 Å². The number of fused-ring (bicyclic) bond motifs is 1. The van der Waals surface area contributed by atoms with Crippen molar-refractivity contribution in [3.8, 4) is 5.69 Å². The molecule has 0 bridgehead atoms. The largest absolute Gasteiger partial charge is 0.285 e. The minimum absolute atomic E-state index is 0.279. The first-order valence-corrected chi connectivity index (χ1v) is 5.08. The van der Waals surface area contributed by atoms with Crippen LogP contribution in [0.3, 0.4) is 0 Å². The molecule has 84 valence electrons. The van der Waals surface area contributed by atoms with Gasteiger partial charge < -0.3 is 0 Å². The first-order valence-electron chi connectivity index (χ1n) is 5.08. The van der Waals surface area contributed by atoms with E-state index in [1.54, 1.807) is 35.3 Å². The molecule has 0 aliphatic carbocycles. The van der Waals surface area contributed by atoms with Crippen LogP contribution in [-0.4, -0.2) is 15.0 Å². The summed E-state index contributed by atoms with van der Waals surface area (Å²) in [6.07, 6.45) is 4.72. The van der Waals surface area contributed by atoms with Crippen LogP contribution >= 0.6 is 0 Å². The number of aromatic nitrogens is 3. The SMILES string of the molecule is O[n+]1ccc2c(cnn2-c2ccc(F)cc2)c1. The van der Waals surface area contributed by atoms with Gasteiger partial charge in [-0.25, -0.2) is 9.07 Å². The zero-order valence-electron chi connectivity index (χ0n) is 8.79. The predicted molar refractivity (Wildman–Crippen MR) is 58.4 cm³/mol. The lowest BCUT2D eigenvalue weighted by atomic mass is 10.3. The van der Waals surface area contributed by atoms with Crippen molar-refractivity contribution < 1.29 is 14.3 Å². The van der Waals surface area contributed by atoms with Gasteiger partial charge in [-0.2, -0.15) is 5.10 Å². The molecule has 0 saturated heterocycles. The number of hydrogen-bond acceptors (Lipinski definition) is 2. The van der Waals surface area contributed by atoms with Crippen LogP contribution < -0.4 is 4.73 Å². The molecule has 0 atom stereocenters. The van der Waals surface area contributed by atoms with Gasteiger partial charge in [0.25, 0.3) is 0 Å². The fourth-order valence-corrected chi connectivity index (χ4v) is 1.76. The summed E-state index contributed by atoms with van der Waals surface area (Å²) >= 11 is 0. The van der Waals surface area contributed by atoms with Crippen LogP contribution in [0.15, 0.2) is 48.9 Å². The van der Waals surface area contributed by atoms with E-state index >= 15 is 0 Å². The highest BCUT2D eigenvalue weighted by Crippen LogP contribution is 2.16. The average Bonchev–Trinajstić information content (AvgIpc) is 2.73. The van der Waals surface area contributed by atoms with Gasteiger partial charge in [-0.3, -0.25) is 5.21 Å². The highest BCUT2D eigenvalue weighted by atomic mass is 19.1. The third-order valence-corrected chi connectivity index (χ3v) is 2.56. The Morgan fingerprint density at radius 3 is 2.71 bits per heavy atom. The van der Waals surface area contributed by atoms with Gasteiger partial charge in [-0.05, 0) is 24.3 Å². The van der Waals surface area contributed by atoms with Crippen molar-refractivity contribution >= 4 is 10.9 Å². The summed E-state index contributed by atoms with van der Waals surface area (Å²) in [7, 11) is 0. The lowest BCUT2D eigenvalue weighted by molar-refractivity contribution is -0.903. The minimum Gasteiger partial charge on any atom is -0.285 e. The molecule has 2 aromatic heterocycles. The van der Waals surface area contributed by atoms with E-state index in [1.165, 1.54) is 18.3 Å². The number of pyridine rings is 1. The van der Waals surface area contributed by atoms with Crippen LogP contribution in [0.5, 0.6) is 0 Å². The Balaban J connectivity index is 2.21. The van der Waals surface area contributed by atoms with Crippen molar-refractivity contribution in [2.24, 2.45) is 0 Å². The van der Waals surface area contributed by atoms with E-state index in [2.05, 4.69) is 5.10 Å². The topological polar surface area (TPSA) is 41.9 Å². The summed E-state index contributed by atoms with van der Waals surface area (Å²) in [5.74, 6) is -0.279. The second kappa shape index (κ2) is 3.55. The lowest BCUT2D eigenvalue weighted by Gasteiger charge is -2.02. The summed E-state index contributed by atoms with van der Waals surface area (Å²) in [5, 5.41) is 14.3. The van der Waals surface area contributed by atoms with E-state index in [9.17, 15) is 9.60 Å². The van der Waals surface area contributed by atoms with Gasteiger partial charge in [-0.1, -0.05) is 0 Å². The number of nitrogens with zero attached hydrogens (tertiary/aromatic N) is 3. The zero-order valence-corrected chi connectivity index (χ0v) is 8.79. The second-order valence-electron chi connectivity index (χ2n) is 3.70. The number of halogens is 1. The second-order valence-corrected chi connectivity index (χ2v) is 3.70. The van der Waals surface area contributed by atoms with Crippen LogP contribution in [-0.2, 0) is 0 Å². The van der Waals surface area contributed by atoms with Crippen molar-refractivity contribution in [2.45, 2.75) is 0 Å². The molecule has 3 aromatic rings. The Labute approximate surface area is 96.1 Å². The molecule has 2 heterocycles. The first kappa shape index (κ1) is 9.77. The molecule has 0 radical (unpaired) electrons. The Hall–Kier alpha value is -2.43. The summed E-state index contributed by atoms with van der Waals surface area (Å²) in [6, 6.07) is 7.82. The third-order valence-electron chi connectivity index (χ3n) is 2.56. The third kappa shape index (κ3) is 1.61. The van der Waals surface area contributed by atoms with Gasteiger partial charge in [0, 0.05) is 10.8 Å². The smallest absolute Gasteiger partial charge is 0.233 e. The van der Waals surface area contributed by atoms with E-state index in [0.717, 1.165) is 21.3 Å². The van der Waals surface area contributed by atoms with Crippen LogP contribution in [0.1, 0.15) is 0 Å². The van der Waals surface area contributed by atoms with Crippen molar-refractivity contribution in [3.05, 3.63) is 54.7 Å². The van der Waals surface area contributed by atoms with Crippen LogP contribution in [0, 0.1) is 5.82 Å². The fraction of sp³-hybridized carbons (Fsp3) is 0. The van der Waals surface area contributed by atoms with Gasteiger partial charge in [0.1, 0.15) is 5.82 Å². The number of rotatable bonds is 1. The number of benzene rings is 1. The molecule has 0 aliphatic heterocycles. The van der Waals surface area contributed by atoms with Crippen molar-refractivity contribution in [1.29, 1.82) is 0 Å². The fourth-order valence-electron chi connectivity index (χ4n) is 1.76. The van der Waals surface area contributed by atoms with E-state index < -0.39 is 0 Å². The monoisotopic (exact) mass is 230 g/mol. The molecule has 0 aliphatic rings. The van der Waals surface area contributed by atoms with Gasteiger partial charge in [0.05, 0.1) is 22.8 Å². The Morgan fingerprint density at radius 1 is 1.18 bits per heavy atom. The summed E-state index contributed by atoms with van der Waals surface area (Å²) in [4.78, 5) is 0. The van der Waals surface area contributed by atoms with Crippen LogP contribution in [0.4, 0.5) is 4.39 Å². The summed E-state index contributed by atoms with van der Waals surface area (Å²) in [6.45, 7) is 0. The summed E-state index contributed by atoms with van der Waals surface area (Å²) in [5.41, 5.74) is 1.62. The Bertz CT molecular complexity index is 676. The average molecular weight is 230 g/mol. The van der Waals surface area contributed by atoms with Gasteiger partial charge >= 0.3 is 0 Å². The molecule has 1 N–H and O–H groups in total. The highest BCUT2D eigenvalue weighted by molar-refractivity contribution is 5.78. The molecule has 4 nitrogen and oxygen atoms in total. The normalized spacial score (nSPS) is 10.9. The van der Waals surface area contributed by atoms with E-state index in [4.69, 9.17) is 0 Å². The molecule has 5 heteroatoms. The van der Waals surface area contributed by atoms with Crippen LogP contribution in [0.2, 0.25) is 0 Å². The molecule has 1 aromatic carbocycles. The molecule has 3 rings (SSSR count). The quantitative estimate of drug-likeness (QED) is 0.510. The van der Waals surface area contributed by atoms with Crippen molar-refractivity contribution in [3.63, 3.8) is 0 Å². The van der Waals surface area contributed by atoms with Gasteiger partial charge in [-0.15, -0.1) is 0 Å². The lowest BCUT2D eigenvalue weighted by Crippen LogP contribution is -2.27. The van der Waals surface area contributed by atoms with Gasteiger partial charge in [0.2, 0.25) is 12.4 Å². The molecule has 0 spiro atoms. The van der Waals surface area contributed by atoms with E-state index in [1.807, 2.05) is 0 Å². The number of hydrogen-bond donors (Lipinski definition) is 1. The maximum absolute atomic E-state index is 12.8. The maximum atomic E-state index is 12.8. The Kier molecular flexibility index (Phi) is 2.04. The first-order chi connectivity index (χ1) is 8.24. The van der Waals surface area contributed by atoms with E-state index in [0.29, 0.717) is 0 Å². The highest BCUT2D eigenvalue weighted by Gasteiger charge is 2.08. The van der Waals surface area contributed by atoms with Crippen molar-refractivity contribution in [2.75, 3.05) is 0 Å². The molecule has 0 fully saturated rings. The van der Waals surface area contributed by atoms with Crippen molar-refractivity contribution in [1.82, 2.24) is 9.78 Å². The Morgan fingerprint density at radius 2 is 1.94 bits per heavy atom. The minimum atomic E-state index is -0.279. The molecule has 0 unspecified atom stereocenters. The predicted octanol–water partition coefficient (Wildman–Crippen LogP) is 1.69. The standard InChI is InChI=1S/C12H9FN3O/c13-10-1-3-11(4-2-10)16-12-5-6-15(17)8-9(12)7-14-16/h1-8,17H/q+1. The molecule has 0 amide bonds. The molecule has 17 heavy (non-hydrogen) atoms. The maximum Gasteiger partial charge on any atom is 0.233 e. The molecular formula is C12H9FN3O+.